The molecule has 3 aromatic rings. The van der Waals surface area contributed by atoms with Gasteiger partial charge in [0, 0.05) is 37.9 Å². The number of likely N-dealkylation sites (tertiary alicyclic amines) is 2. The molecule has 5 heterocycles. The number of aromatic nitrogens is 4. The molecule has 1 amide bonds. The number of nitrogens with one attached hydrogen (secondary N) is 1. The zero-order chi connectivity index (χ0) is 28.2. The molecule has 0 bridgehead atoms. The van der Waals surface area contributed by atoms with Crippen LogP contribution in [-0.2, 0) is 11.8 Å². The first-order valence-electron chi connectivity index (χ1n) is 13.9. The van der Waals surface area contributed by atoms with Crippen LogP contribution in [0.25, 0.3) is 11.3 Å². The summed E-state index contributed by atoms with van der Waals surface area (Å²) in [5, 5.41) is 7.61. The molecule has 3 aliphatic heterocycles. The molecule has 2 fully saturated rings. The number of carbonyl (C=O) groups excluding carboxylic acids is 1. The van der Waals surface area contributed by atoms with E-state index in [1.54, 1.807) is 21.8 Å². The smallest absolute Gasteiger partial charge is 0.410 e. The van der Waals surface area contributed by atoms with Crippen molar-refractivity contribution in [2.75, 3.05) is 31.5 Å². The molecule has 10 nitrogen and oxygen atoms in total. The largest absolute Gasteiger partial charge is 0.481 e. The van der Waals surface area contributed by atoms with Crippen LogP contribution in [0.1, 0.15) is 63.7 Å². The van der Waals surface area contributed by atoms with Crippen LogP contribution in [0.3, 0.4) is 0 Å². The van der Waals surface area contributed by atoms with Gasteiger partial charge in [0.25, 0.3) is 0 Å². The second kappa shape index (κ2) is 10.0. The van der Waals surface area contributed by atoms with E-state index in [1.807, 2.05) is 47.0 Å². The fraction of sp³-hybridized carbons (Fsp3) is 0.517. The van der Waals surface area contributed by atoms with Crippen LogP contribution in [0.2, 0.25) is 0 Å². The van der Waals surface area contributed by atoms with Crippen molar-refractivity contribution in [3.8, 4) is 17.0 Å². The highest BCUT2D eigenvalue weighted by atomic mass is 19.1. The van der Waals surface area contributed by atoms with E-state index < -0.39 is 11.7 Å². The van der Waals surface area contributed by atoms with Gasteiger partial charge in [-0.15, -0.1) is 0 Å². The van der Waals surface area contributed by atoms with Crippen molar-refractivity contribution in [1.29, 1.82) is 0 Å². The molecule has 2 saturated heterocycles. The fourth-order valence-electron chi connectivity index (χ4n) is 5.84. The number of piperidine rings is 1. The number of ether oxygens (including phenoxy) is 2. The van der Waals surface area contributed by atoms with E-state index >= 15 is 4.39 Å². The molecule has 0 saturated carbocycles. The number of aryl methyl sites for hydroxylation is 1. The lowest BCUT2D eigenvalue weighted by Crippen LogP contribution is -2.62. The van der Waals surface area contributed by atoms with Gasteiger partial charge in [-0.2, -0.15) is 5.10 Å². The van der Waals surface area contributed by atoms with Crippen LogP contribution in [-0.4, -0.2) is 73.5 Å². The molecule has 1 aromatic carbocycles. The Balaban J connectivity index is 1.15. The number of amides is 1. The molecule has 1 atom stereocenters. The maximum absolute atomic E-state index is 15.5. The summed E-state index contributed by atoms with van der Waals surface area (Å²) in [4.78, 5) is 25.5. The highest BCUT2D eigenvalue weighted by molar-refractivity contribution is 5.75. The predicted molar refractivity (Wildman–Crippen MR) is 148 cm³/mol. The zero-order valence-electron chi connectivity index (χ0n) is 23.6. The molecule has 1 unspecified atom stereocenters. The summed E-state index contributed by atoms with van der Waals surface area (Å²) in [5.74, 6) is 0.646. The van der Waals surface area contributed by atoms with Crippen molar-refractivity contribution < 1.29 is 18.7 Å². The molecule has 40 heavy (non-hydrogen) atoms. The summed E-state index contributed by atoms with van der Waals surface area (Å²) >= 11 is 0. The fourth-order valence-corrected chi connectivity index (χ4v) is 5.84. The van der Waals surface area contributed by atoms with Crippen LogP contribution in [0.4, 0.5) is 20.7 Å². The van der Waals surface area contributed by atoms with Gasteiger partial charge < -0.3 is 19.7 Å². The summed E-state index contributed by atoms with van der Waals surface area (Å²) in [7, 11) is 1.85. The van der Waals surface area contributed by atoms with E-state index in [-0.39, 0.29) is 23.6 Å². The summed E-state index contributed by atoms with van der Waals surface area (Å²) < 4.78 is 28.9. The van der Waals surface area contributed by atoms with Crippen LogP contribution in [0.5, 0.6) is 5.75 Å². The standard InChI is InChI=1S/C29H36FN7O3/c1-17-24-25(20-12-33-35(5)13-20)31-16-32-27(24)34-23-11-19(10-22(30)26(23)39-17)18-6-8-36(9-7-18)21-14-37(15-21)28(38)40-29(2,3)4/h10-13,16-18,21H,6-9,14-15H2,1-5H3,(H,31,32,34). The van der Waals surface area contributed by atoms with Crippen LogP contribution < -0.4 is 10.1 Å². The van der Waals surface area contributed by atoms with Gasteiger partial charge in [0.2, 0.25) is 0 Å². The maximum atomic E-state index is 15.5. The molecule has 0 spiro atoms. The van der Waals surface area contributed by atoms with Gasteiger partial charge in [-0.1, -0.05) is 0 Å². The Morgan fingerprint density at radius 1 is 1.18 bits per heavy atom. The number of rotatable bonds is 3. The molecule has 0 radical (unpaired) electrons. The van der Waals surface area contributed by atoms with E-state index in [0.717, 1.165) is 42.6 Å². The van der Waals surface area contributed by atoms with Gasteiger partial charge in [-0.25, -0.2) is 19.2 Å². The first-order valence-corrected chi connectivity index (χ1v) is 13.9. The van der Waals surface area contributed by atoms with Crippen molar-refractivity contribution in [3.63, 3.8) is 0 Å². The minimum Gasteiger partial charge on any atom is -0.481 e. The summed E-state index contributed by atoms with van der Waals surface area (Å²) in [6.07, 6.45) is 6.26. The minimum atomic E-state index is -0.488. The molecule has 0 aliphatic carbocycles. The molecule has 1 N–H and O–H groups in total. The predicted octanol–water partition coefficient (Wildman–Crippen LogP) is 5.01. The third-order valence-electron chi connectivity index (χ3n) is 7.91. The lowest BCUT2D eigenvalue weighted by Gasteiger charge is -2.47. The molecule has 6 rings (SSSR count). The summed E-state index contributed by atoms with van der Waals surface area (Å²) in [6.45, 7) is 10.7. The van der Waals surface area contributed by atoms with Gasteiger partial charge >= 0.3 is 6.09 Å². The topological polar surface area (TPSA) is 97.6 Å². The maximum Gasteiger partial charge on any atom is 0.410 e. The average molecular weight is 550 g/mol. The average Bonchev–Trinajstić information content (AvgIpc) is 3.23. The Labute approximate surface area is 233 Å². The molecule has 11 heteroatoms. The van der Waals surface area contributed by atoms with E-state index in [2.05, 4.69) is 25.3 Å². The van der Waals surface area contributed by atoms with E-state index in [9.17, 15) is 4.79 Å². The zero-order valence-corrected chi connectivity index (χ0v) is 23.6. The Hall–Kier alpha value is -3.73. The normalized spacial score (nSPS) is 20.1. The van der Waals surface area contributed by atoms with Crippen molar-refractivity contribution >= 4 is 17.6 Å². The number of halogens is 1. The van der Waals surface area contributed by atoms with Gasteiger partial charge in [-0.05, 0) is 77.2 Å². The first-order chi connectivity index (χ1) is 19.1. The number of nitrogens with zero attached hydrogens (tertiary/aromatic N) is 6. The highest BCUT2D eigenvalue weighted by Gasteiger charge is 2.38. The first kappa shape index (κ1) is 26.5. The monoisotopic (exact) mass is 549 g/mol. The SMILES string of the molecule is CC1Oc2c(F)cc(C3CCN(C4CN(C(=O)OC(C)(C)C)C4)CC3)cc2Nc2ncnc(-c3cnn(C)c3)c21. The number of benzene rings is 1. The van der Waals surface area contributed by atoms with Gasteiger partial charge in [-0.3, -0.25) is 9.58 Å². The van der Waals surface area contributed by atoms with E-state index in [0.29, 0.717) is 36.3 Å². The lowest BCUT2D eigenvalue weighted by molar-refractivity contribution is -0.0196. The summed E-state index contributed by atoms with van der Waals surface area (Å²) in [6, 6.07) is 3.96. The number of carbonyl (C=O) groups is 1. The third-order valence-corrected chi connectivity index (χ3v) is 7.91. The number of fused-ring (bicyclic) bond motifs is 2. The Morgan fingerprint density at radius 3 is 2.60 bits per heavy atom. The van der Waals surface area contributed by atoms with Crippen molar-refractivity contribution in [2.24, 2.45) is 7.05 Å². The number of hydrogen-bond acceptors (Lipinski definition) is 8. The van der Waals surface area contributed by atoms with Gasteiger partial charge in [0.15, 0.2) is 11.6 Å². The van der Waals surface area contributed by atoms with E-state index in [4.69, 9.17) is 9.47 Å². The Kier molecular flexibility index (Phi) is 6.64. The second-order valence-corrected chi connectivity index (χ2v) is 12.0. The Bertz CT molecular complexity index is 1420. The lowest BCUT2D eigenvalue weighted by atomic mass is 9.87. The minimum absolute atomic E-state index is 0.195. The van der Waals surface area contributed by atoms with Crippen LogP contribution >= 0.6 is 0 Å². The molecule has 2 aromatic heterocycles. The number of anilines is 2. The third kappa shape index (κ3) is 5.10. The molecule has 3 aliphatic rings. The highest BCUT2D eigenvalue weighted by Crippen LogP contribution is 2.44. The quantitative estimate of drug-likeness (QED) is 0.487. The number of hydrogen-bond donors (Lipinski definition) is 1. The van der Waals surface area contributed by atoms with Crippen molar-refractivity contribution in [2.45, 2.75) is 64.2 Å². The molecular formula is C29H36FN7O3. The summed E-state index contributed by atoms with van der Waals surface area (Å²) in [5.41, 5.74) is 3.36. The van der Waals surface area contributed by atoms with E-state index in [1.165, 1.54) is 6.33 Å². The molecule has 212 valence electrons. The van der Waals surface area contributed by atoms with Gasteiger partial charge in [0.05, 0.1) is 23.1 Å². The van der Waals surface area contributed by atoms with Crippen molar-refractivity contribution in [3.05, 3.63) is 47.8 Å². The molecular weight excluding hydrogens is 513 g/mol. The van der Waals surface area contributed by atoms with Crippen LogP contribution in [0, 0.1) is 5.82 Å². The Morgan fingerprint density at radius 2 is 1.93 bits per heavy atom. The van der Waals surface area contributed by atoms with Crippen molar-refractivity contribution in [1.82, 2.24) is 29.5 Å². The second-order valence-electron chi connectivity index (χ2n) is 12.0. The van der Waals surface area contributed by atoms with Gasteiger partial charge in [0.1, 0.15) is 23.9 Å². The van der Waals surface area contributed by atoms with Crippen LogP contribution in [0.15, 0.2) is 30.9 Å².